The number of para-hydroxylation sites is 1. The highest BCUT2D eigenvalue weighted by molar-refractivity contribution is 6.43. The van der Waals surface area contributed by atoms with Crippen LogP contribution in [-0.2, 0) is 14.9 Å². The minimum atomic E-state index is -1.21. The molecule has 0 aliphatic carbocycles. The van der Waals surface area contributed by atoms with E-state index in [9.17, 15) is 14.7 Å². The molecule has 6 atom stereocenters. The van der Waals surface area contributed by atoms with Crippen molar-refractivity contribution in [3.05, 3.63) is 41.5 Å². The number of benzene rings is 1. The van der Waals surface area contributed by atoms with Crippen LogP contribution in [0, 0.1) is 0 Å². The number of nitrogens with two attached hydrogens (primary N) is 2. The van der Waals surface area contributed by atoms with Gasteiger partial charge in [0.05, 0.1) is 18.2 Å². The van der Waals surface area contributed by atoms with E-state index in [0.717, 1.165) is 12.0 Å². The van der Waals surface area contributed by atoms with E-state index in [-0.39, 0.29) is 42.0 Å². The van der Waals surface area contributed by atoms with Crippen LogP contribution in [-0.4, -0.2) is 102 Å². The van der Waals surface area contributed by atoms with Crippen molar-refractivity contribution in [3.63, 3.8) is 0 Å². The monoisotopic (exact) mass is 581 g/mol. The average molecular weight is 582 g/mol. The zero-order chi connectivity index (χ0) is 29.8. The van der Waals surface area contributed by atoms with Crippen LogP contribution in [0.25, 0.3) is 0 Å². The summed E-state index contributed by atoms with van der Waals surface area (Å²) in [4.78, 5) is 35.8. The van der Waals surface area contributed by atoms with E-state index in [1.165, 1.54) is 7.11 Å². The molecule has 15 heteroatoms. The lowest BCUT2D eigenvalue weighted by atomic mass is 9.79. The normalized spacial score (nSPS) is 32.0. The Morgan fingerprint density at radius 3 is 2.86 bits per heavy atom. The highest BCUT2D eigenvalue weighted by atomic mass is 16.5. The number of hydrogen-bond acceptors (Lipinski definition) is 12. The first kappa shape index (κ1) is 27.8. The maximum atomic E-state index is 13.6. The van der Waals surface area contributed by atoms with Gasteiger partial charge < -0.3 is 35.8 Å². The molecule has 15 nitrogen and oxygen atoms in total. The van der Waals surface area contributed by atoms with Gasteiger partial charge in [0, 0.05) is 25.8 Å². The van der Waals surface area contributed by atoms with Gasteiger partial charge in [-0.05, 0) is 30.1 Å². The molecule has 0 saturated carbocycles. The van der Waals surface area contributed by atoms with Gasteiger partial charge in [0.2, 0.25) is 5.66 Å². The number of amides is 2. The highest BCUT2D eigenvalue weighted by Crippen LogP contribution is 2.41. The summed E-state index contributed by atoms with van der Waals surface area (Å²) in [7, 11) is 1.52. The van der Waals surface area contributed by atoms with Crippen LogP contribution in [0.15, 0.2) is 40.4 Å². The Morgan fingerprint density at radius 2 is 2.12 bits per heavy atom. The first-order chi connectivity index (χ1) is 20.0. The molecule has 0 aromatic heterocycles. The number of nitrogens with zero attached hydrogens (tertiary/aromatic N) is 3. The van der Waals surface area contributed by atoms with Gasteiger partial charge in [-0.2, -0.15) is 5.10 Å². The molecular weight excluding hydrogens is 544 g/mol. The van der Waals surface area contributed by atoms with Crippen molar-refractivity contribution >= 4 is 29.4 Å². The molecule has 5 aliphatic heterocycles. The van der Waals surface area contributed by atoms with Crippen molar-refractivity contribution in [3.8, 4) is 5.75 Å². The minimum Gasteiger partial charge on any atom is -0.492 e. The van der Waals surface area contributed by atoms with E-state index in [1.807, 2.05) is 12.1 Å². The van der Waals surface area contributed by atoms with Crippen molar-refractivity contribution in [2.75, 3.05) is 26.8 Å². The molecule has 2 unspecified atom stereocenters. The van der Waals surface area contributed by atoms with Gasteiger partial charge in [-0.25, -0.2) is 10.3 Å². The van der Waals surface area contributed by atoms with E-state index >= 15 is 0 Å². The molecule has 0 bridgehead atoms. The molecule has 42 heavy (non-hydrogen) atoms. The third-order valence-corrected chi connectivity index (χ3v) is 8.72. The van der Waals surface area contributed by atoms with Crippen molar-refractivity contribution in [2.45, 2.75) is 61.8 Å². The first-order valence-corrected chi connectivity index (χ1v) is 13.9. The number of nitrogens with one attached hydrogen (secondary N) is 5. The molecule has 5 heterocycles. The molecule has 10 N–H and O–H groups in total. The maximum Gasteiger partial charge on any atom is 0.343 e. The number of methoxy groups -OCH3 is 1. The van der Waals surface area contributed by atoms with Gasteiger partial charge in [0.1, 0.15) is 23.6 Å². The Balaban J connectivity index is 1.20. The first-order valence-electron chi connectivity index (χ1n) is 13.9. The smallest absolute Gasteiger partial charge is 0.343 e. The number of aliphatic imine (C=N–C) groups is 1. The molecule has 6 rings (SSSR count). The molecule has 5 aliphatic rings. The summed E-state index contributed by atoms with van der Waals surface area (Å²) in [6.07, 6.45) is 2.52. The van der Waals surface area contributed by atoms with Gasteiger partial charge in [-0.1, -0.05) is 26.0 Å². The van der Waals surface area contributed by atoms with Crippen LogP contribution in [0.2, 0.25) is 0 Å². The fourth-order valence-electron chi connectivity index (χ4n) is 6.42. The third-order valence-electron chi connectivity index (χ3n) is 8.72. The predicted molar refractivity (Wildman–Crippen MR) is 152 cm³/mol. The third kappa shape index (κ3) is 4.39. The zero-order valence-electron chi connectivity index (χ0n) is 23.7. The Bertz CT molecular complexity index is 1420. The van der Waals surface area contributed by atoms with Crippen molar-refractivity contribution in [1.82, 2.24) is 26.3 Å². The molecule has 224 valence electrons. The van der Waals surface area contributed by atoms with Crippen molar-refractivity contribution in [1.29, 1.82) is 0 Å². The summed E-state index contributed by atoms with van der Waals surface area (Å²) >= 11 is 0. The van der Waals surface area contributed by atoms with Crippen molar-refractivity contribution in [2.24, 2.45) is 21.6 Å². The van der Waals surface area contributed by atoms with Crippen molar-refractivity contribution < 1.29 is 29.2 Å². The fraction of sp³-hybridized carbons (Fsp3) is 0.519. The van der Waals surface area contributed by atoms with Crippen LogP contribution in [0.4, 0.5) is 0 Å². The number of hydrazone groups is 1. The SMILES string of the molecule is COC1C=CC(C(=O)NC[C@@H]2N=C(N)N3CC(NC(=O)c4cccc5c4OCCC5(C)C)[C@@H](O)[C@@]34NC(N)=[NH+][C@@H]24)=NN1. The quantitative estimate of drug-likeness (QED) is 0.162. The summed E-state index contributed by atoms with van der Waals surface area (Å²) in [6, 6.07) is 3.62. The van der Waals surface area contributed by atoms with E-state index in [1.54, 1.807) is 23.1 Å². The second-order valence-electron chi connectivity index (χ2n) is 11.7. The summed E-state index contributed by atoms with van der Waals surface area (Å²) in [5.74, 6) is 0.142. The number of hydrogen-bond donors (Lipinski definition) is 8. The standard InChI is InChI=1S/C27H36N10O5/c1-26(2)9-10-42-19-13(5-4-6-14(19)26)22(39)31-17-12-37-25(29)32-16(20-27(37,21(17)38)34-24(28)33-20)11-30-23(40)15-7-8-18(41-3)36-35-15/h4-8,16-18,20-21,36,38H,9-12H2,1-3H3,(H2,29,32)(H,30,40)(H,31,39)(H3,28,33,34)/p+1/t16-,17?,18?,20-,21+,27-/m0/s1. The molecule has 1 aromatic rings. The average Bonchev–Trinajstić information content (AvgIpc) is 3.47. The van der Waals surface area contributed by atoms with Crippen LogP contribution >= 0.6 is 0 Å². The van der Waals surface area contributed by atoms with E-state index < -0.39 is 42.0 Å². The van der Waals surface area contributed by atoms with Crippen LogP contribution < -0.4 is 42.6 Å². The predicted octanol–water partition coefficient (Wildman–Crippen LogP) is -4.11. The number of aliphatic hydroxyl groups is 1. The highest BCUT2D eigenvalue weighted by Gasteiger charge is 2.68. The lowest BCUT2D eigenvalue weighted by molar-refractivity contribution is -0.513. The number of ether oxygens (including phenoxy) is 2. The summed E-state index contributed by atoms with van der Waals surface area (Å²) in [6.45, 7) is 5.02. The molecular formula is C27H37N10O5+. The molecule has 1 saturated heterocycles. The van der Waals surface area contributed by atoms with Gasteiger partial charge in [-0.3, -0.25) is 25.7 Å². The van der Waals surface area contributed by atoms with Crippen LogP contribution in [0.1, 0.15) is 36.2 Å². The minimum absolute atomic E-state index is 0.0787. The van der Waals surface area contributed by atoms with Gasteiger partial charge in [-0.15, -0.1) is 0 Å². The summed E-state index contributed by atoms with van der Waals surface area (Å²) in [5, 5.41) is 24.7. The maximum absolute atomic E-state index is 13.6. The van der Waals surface area contributed by atoms with Gasteiger partial charge >= 0.3 is 5.96 Å². The second kappa shape index (κ2) is 10.2. The van der Waals surface area contributed by atoms with E-state index in [0.29, 0.717) is 17.9 Å². The topological polar surface area (TPSA) is 215 Å². The van der Waals surface area contributed by atoms with Gasteiger partial charge in [0.25, 0.3) is 11.8 Å². The Hall–Kier alpha value is -4.37. The summed E-state index contributed by atoms with van der Waals surface area (Å²) < 4.78 is 11.1. The number of fused-ring (bicyclic) bond motifs is 1. The number of aliphatic hydroxyl groups excluding tert-OH is 1. The lowest BCUT2D eigenvalue weighted by Crippen LogP contribution is -2.88. The molecule has 1 spiro atoms. The number of guanidine groups is 2. The molecule has 0 radical (unpaired) electrons. The lowest BCUT2D eigenvalue weighted by Gasteiger charge is -2.43. The number of rotatable bonds is 6. The number of carbonyl (C=O) groups is 2. The van der Waals surface area contributed by atoms with Crippen LogP contribution in [0.3, 0.4) is 0 Å². The summed E-state index contributed by atoms with van der Waals surface area (Å²) in [5.41, 5.74) is 15.5. The zero-order valence-corrected chi connectivity index (χ0v) is 23.7. The largest absolute Gasteiger partial charge is 0.492 e. The Morgan fingerprint density at radius 1 is 1.31 bits per heavy atom. The Labute approximate surface area is 242 Å². The van der Waals surface area contributed by atoms with E-state index in [2.05, 4.69) is 50.3 Å². The molecule has 1 fully saturated rings. The molecule has 1 aromatic carbocycles. The van der Waals surface area contributed by atoms with Gasteiger partial charge in [0.15, 0.2) is 18.2 Å². The Kier molecular flexibility index (Phi) is 6.73. The van der Waals surface area contributed by atoms with Crippen LogP contribution in [0.5, 0.6) is 5.75 Å². The number of carbonyl (C=O) groups excluding carboxylic acids is 2. The van der Waals surface area contributed by atoms with E-state index in [4.69, 9.17) is 20.9 Å². The molecule has 2 amide bonds. The second-order valence-corrected chi connectivity index (χ2v) is 11.7. The fourth-order valence-corrected chi connectivity index (χ4v) is 6.42.